The van der Waals surface area contributed by atoms with Gasteiger partial charge in [-0.05, 0) is 5.92 Å². The number of aliphatic hydroxyl groups is 1. The maximum Gasteiger partial charge on any atom is 0.331 e. The molecule has 0 rings (SSSR count). The van der Waals surface area contributed by atoms with Crippen molar-refractivity contribution in [3.05, 3.63) is 12.2 Å². The minimum atomic E-state index is -0.616. The second kappa shape index (κ2) is 8.91. The van der Waals surface area contributed by atoms with Gasteiger partial charge in [0.05, 0.1) is 13.2 Å². The van der Waals surface area contributed by atoms with Crippen LogP contribution in [0.1, 0.15) is 20.3 Å². The zero-order valence-corrected chi connectivity index (χ0v) is 9.64. The molecule has 16 heavy (non-hydrogen) atoms. The van der Waals surface area contributed by atoms with Gasteiger partial charge in [0.25, 0.3) is 0 Å². The summed E-state index contributed by atoms with van der Waals surface area (Å²) in [6.07, 6.45) is 2.43. The van der Waals surface area contributed by atoms with E-state index in [9.17, 15) is 9.59 Å². The Morgan fingerprint density at radius 1 is 1.19 bits per heavy atom. The van der Waals surface area contributed by atoms with Crippen LogP contribution in [0.15, 0.2) is 12.2 Å². The third-order valence-electron chi connectivity index (χ3n) is 1.46. The Morgan fingerprint density at radius 3 is 2.25 bits per heavy atom. The molecule has 0 unspecified atom stereocenters. The first kappa shape index (κ1) is 14.6. The maximum absolute atomic E-state index is 11.0. The quantitative estimate of drug-likeness (QED) is 0.395. The third kappa shape index (κ3) is 9.21. The number of ether oxygens (including phenoxy) is 2. The standard InChI is InChI=1S/C11H18O5/c1-9(2)8-16-11(14)5-4-10(13)15-7-3-6-12/h4-5,9,12H,3,6-8H2,1-2H3. The Balaban J connectivity index is 3.71. The van der Waals surface area contributed by atoms with Crippen molar-refractivity contribution in [2.45, 2.75) is 20.3 Å². The lowest BCUT2D eigenvalue weighted by atomic mass is 10.2. The Labute approximate surface area is 95.0 Å². The van der Waals surface area contributed by atoms with Crippen LogP contribution < -0.4 is 0 Å². The Kier molecular flexibility index (Phi) is 8.15. The lowest BCUT2D eigenvalue weighted by molar-refractivity contribution is -0.141. The molecule has 0 spiro atoms. The largest absolute Gasteiger partial charge is 0.462 e. The highest BCUT2D eigenvalue weighted by molar-refractivity contribution is 5.91. The first-order valence-corrected chi connectivity index (χ1v) is 5.18. The average Bonchev–Trinajstić information content (AvgIpc) is 2.24. The smallest absolute Gasteiger partial charge is 0.331 e. The molecule has 0 saturated carbocycles. The first-order valence-electron chi connectivity index (χ1n) is 5.18. The van der Waals surface area contributed by atoms with Crippen molar-refractivity contribution in [1.29, 1.82) is 0 Å². The van der Waals surface area contributed by atoms with E-state index in [0.29, 0.717) is 13.0 Å². The topological polar surface area (TPSA) is 72.8 Å². The summed E-state index contributed by atoms with van der Waals surface area (Å²) in [5.74, 6) is -0.920. The van der Waals surface area contributed by atoms with E-state index in [-0.39, 0.29) is 19.1 Å². The van der Waals surface area contributed by atoms with Crippen LogP contribution in [0, 0.1) is 5.92 Å². The molecule has 0 bridgehead atoms. The molecular weight excluding hydrogens is 212 g/mol. The number of carbonyl (C=O) groups is 2. The van der Waals surface area contributed by atoms with E-state index in [1.165, 1.54) is 0 Å². The second-order valence-corrected chi connectivity index (χ2v) is 3.60. The molecule has 0 aromatic carbocycles. The van der Waals surface area contributed by atoms with Gasteiger partial charge in [0.1, 0.15) is 0 Å². The summed E-state index contributed by atoms with van der Waals surface area (Å²) in [4.78, 5) is 22.0. The Hall–Kier alpha value is -1.36. The summed E-state index contributed by atoms with van der Waals surface area (Å²) in [6, 6.07) is 0. The van der Waals surface area contributed by atoms with Crippen molar-refractivity contribution in [3.63, 3.8) is 0 Å². The van der Waals surface area contributed by atoms with Crippen LogP contribution in [0.2, 0.25) is 0 Å². The predicted octanol–water partition coefficient (Wildman–Crippen LogP) is 0.667. The summed E-state index contributed by atoms with van der Waals surface area (Å²) in [7, 11) is 0. The van der Waals surface area contributed by atoms with Gasteiger partial charge in [-0.1, -0.05) is 13.8 Å². The summed E-state index contributed by atoms with van der Waals surface area (Å²) in [6.45, 7) is 4.26. The fraction of sp³-hybridized carbons (Fsp3) is 0.636. The molecule has 0 heterocycles. The molecule has 0 saturated heterocycles. The predicted molar refractivity (Wildman–Crippen MR) is 57.6 cm³/mol. The van der Waals surface area contributed by atoms with Crippen molar-refractivity contribution >= 4 is 11.9 Å². The summed E-state index contributed by atoms with van der Waals surface area (Å²) in [5, 5.41) is 8.44. The van der Waals surface area contributed by atoms with Crippen molar-refractivity contribution in [2.24, 2.45) is 5.92 Å². The summed E-state index contributed by atoms with van der Waals surface area (Å²) in [5.41, 5.74) is 0. The van der Waals surface area contributed by atoms with E-state index in [1.807, 2.05) is 13.8 Å². The molecule has 0 aromatic heterocycles. The fourth-order valence-corrected chi connectivity index (χ4v) is 0.718. The maximum atomic E-state index is 11.0. The van der Waals surface area contributed by atoms with Gasteiger partial charge in [0.2, 0.25) is 0 Å². The second-order valence-electron chi connectivity index (χ2n) is 3.60. The number of esters is 2. The molecular formula is C11H18O5. The van der Waals surface area contributed by atoms with Gasteiger partial charge in [-0.15, -0.1) is 0 Å². The first-order chi connectivity index (χ1) is 7.56. The van der Waals surface area contributed by atoms with Gasteiger partial charge in [0, 0.05) is 25.2 Å². The van der Waals surface area contributed by atoms with Crippen molar-refractivity contribution < 1.29 is 24.2 Å². The van der Waals surface area contributed by atoms with Gasteiger partial charge in [-0.3, -0.25) is 0 Å². The van der Waals surface area contributed by atoms with Crippen LogP contribution in [0.25, 0.3) is 0 Å². The van der Waals surface area contributed by atoms with Crippen LogP contribution in [-0.4, -0.2) is 36.9 Å². The van der Waals surface area contributed by atoms with Crippen LogP contribution in [-0.2, 0) is 19.1 Å². The van der Waals surface area contributed by atoms with E-state index >= 15 is 0 Å². The molecule has 0 fully saturated rings. The van der Waals surface area contributed by atoms with E-state index < -0.39 is 11.9 Å². The van der Waals surface area contributed by atoms with Gasteiger partial charge in [0.15, 0.2) is 0 Å². The molecule has 0 aliphatic carbocycles. The van der Waals surface area contributed by atoms with Crippen molar-refractivity contribution in [1.82, 2.24) is 0 Å². The van der Waals surface area contributed by atoms with E-state index in [2.05, 4.69) is 4.74 Å². The Morgan fingerprint density at radius 2 is 1.75 bits per heavy atom. The molecule has 0 aromatic rings. The minimum Gasteiger partial charge on any atom is -0.462 e. The van der Waals surface area contributed by atoms with Gasteiger partial charge >= 0.3 is 11.9 Å². The van der Waals surface area contributed by atoms with Crippen LogP contribution >= 0.6 is 0 Å². The molecule has 5 nitrogen and oxygen atoms in total. The molecule has 0 aliphatic heterocycles. The molecule has 0 radical (unpaired) electrons. The van der Waals surface area contributed by atoms with Gasteiger partial charge < -0.3 is 14.6 Å². The van der Waals surface area contributed by atoms with E-state index in [4.69, 9.17) is 9.84 Å². The number of aliphatic hydroxyl groups excluding tert-OH is 1. The zero-order chi connectivity index (χ0) is 12.4. The molecule has 92 valence electrons. The summed E-state index contributed by atoms with van der Waals surface area (Å²) < 4.78 is 9.47. The molecule has 0 amide bonds. The lowest BCUT2D eigenvalue weighted by Crippen LogP contribution is -2.09. The molecule has 5 heteroatoms. The zero-order valence-electron chi connectivity index (χ0n) is 9.64. The number of hydrogen-bond acceptors (Lipinski definition) is 5. The van der Waals surface area contributed by atoms with Crippen molar-refractivity contribution in [3.8, 4) is 0 Å². The highest BCUT2D eigenvalue weighted by atomic mass is 16.5. The normalized spacial score (nSPS) is 10.8. The number of rotatable bonds is 7. The monoisotopic (exact) mass is 230 g/mol. The SMILES string of the molecule is CC(C)COC(=O)C=CC(=O)OCCCO. The third-order valence-corrected chi connectivity index (χ3v) is 1.46. The van der Waals surface area contributed by atoms with Gasteiger partial charge in [-0.25, -0.2) is 9.59 Å². The molecule has 1 N–H and O–H groups in total. The average molecular weight is 230 g/mol. The van der Waals surface area contributed by atoms with Crippen LogP contribution in [0.4, 0.5) is 0 Å². The summed E-state index contributed by atoms with van der Waals surface area (Å²) >= 11 is 0. The lowest BCUT2D eigenvalue weighted by Gasteiger charge is -2.03. The Bertz CT molecular complexity index is 245. The van der Waals surface area contributed by atoms with Gasteiger partial charge in [-0.2, -0.15) is 0 Å². The minimum absolute atomic E-state index is 0.0343. The van der Waals surface area contributed by atoms with E-state index in [0.717, 1.165) is 12.2 Å². The highest BCUT2D eigenvalue weighted by Crippen LogP contribution is 1.94. The van der Waals surface area contributed by atoms with Crippen LogP contribution in [0.3, 0.4) is 0 Å². The fourth-order valence-electron chi connectivity index (χ4n) is 0.718. The molecule has 0 atom stereocenters. The highest BCUT2D eigenvalue weighted by Gasteiger charge is 2.02. The van der Waals surface area contributed by atoms with Crippen LogP contribution in [0.5, 0.6) is 0 Å². The molecule has 0 aliphatic rings. The van der Waals surface area contributed by atoms with E-state index in [1.54, 1.807) is 0 Å². The number of hydrogen-bond donors (Lipinski definition) is 1. The number of carbonyl (C=O) groups excluding carboxylic acids is 2. The van der Waals surface area contributed by atoms with Crippen molar-refractivity contribution in [2.75, 3.05) is 19.8 Å².